The number of nitrogens with one attached hydrogen (secondary N) is 1. The van der Waals surface area contributed by atoms with E-state index in [-0.39, 0.29) is 0 Å². The lowest BCUT2D eigenvalue weighted by molar-refractivity contribution is 1.04. The molecule has 3 nitrogen and oxygen atoms in total. The summed E-state index contributed by atoms with van der Waals surface area (Å²) in [6, 6.07) is 6.09. The summed E-state index contributed by atoms with van der Waals surface area (Å²) in [5, 5.41) is 1.03. The van der Waals surface area contributed by atoms with E-state index in [4.69, 9.17) is 10.8 Å². The molecule has 0 unspecified atom stereocenters. The van der Waals surface area contributed by atoms with Crippen molar-refractivity contribution in [1.82, 2.24) is 4.98 Å². The highest BCUT2D eigenvalue weighted by atomic mass is 79.9. The normalized spacial score (nSPS) is 15.2. The number of pyridine rings is 1. The SMILES string of the molecule is NNc1cc(C2CC2)nc2c(Br)cc(Br)cc12. The molecule has 0 aliphatic heterocycles. The molecule has 2 aromatic rings. The fourth-order valence-electron chi connectivity index (χ4n) is 1.98. The van der Waals surface area contributed by atoms with Gasteiger partial charge in [0.2, 0.25) is 0 Å². The topological polar surface area (TPSA) is 50.9 Å². The lowest BCUT2D eigenvalue weighted by Crippen LogP contribution is -2.08. The molecule has 3 N–H and O–H groups in total. The first kappa shape index (κ1) is 11.4. The largest absolute Gasteiger partial charge is 0.323 e. The first-order valence-electron chi connectivity index (χ1n) is 5.45. The third-order valence-electron chi connectivity index (χ3n) is 3.00. The molecular formula is C12H11Br2N3. The molecule has 17 heavy (non-hydrogen) atoms. The van der Waals surface area contributed by atoms with Crippen molar-refractivity contribution < 1.29 is 0 Å². The number of fused-ring (bicyclic) bond motifs is 1. The third kappa shape index (κ3) is 2.07. The highest BCUT2D eigenvalue weighted by Crippen LogP contribution is 2.42. The molecule has 1 aromatic carbocycles. The molecule has 1 heterocycles. The number of nitrogens with two attached hydrogens (primary N) is 1. The second kappa shape index (κ2) is 4.23. The Morgan fingerprint density at radius 3 is 2.65 bits per heavy atom. The summed E-state index contributed by atoms with van der Waals surface area (Å²) in [6.45, 7) is 0. The molecule has 1 saturated carbocycles. The van der Waals surface area contributed by atoms with Crippen molar-refractivity contribution in [2.75, 3.05) is 5.43 Å². The smallest absolute Gasteiger partial charge is 0.0869 e. The van der Waals surface area contributed by atoms with Gasteiger partial charge in [0.15, 0.2) is 0 Å². The Hall–Kier alpha value is -0.650. The van der Waals surface area contributed by atoms with Gasteiger partial charge in [-0.1, -0.05) is 15.9 Å². The van der Waals surface area contributed by atoms with Crippen LogP contribution in [0.25, 0.3) is 10.9 Å². The van der Waals surface area contributed by atoms with Gasteiger partial charge in [-0.3, -0.25) is 10.8 Å². The number of nitrogens with zero attached hydrogens (tertiary/aromatic N) is 1. The van der Waals surface area contributed by atoms with Crippen molar-refractivity contribution >= 4 is 48.5 Å². The van der Waals surface area contributed by atoms with Crippen LogP contribution in [0.3, 0.4) is 0 Å². The minimum Gasteiger partial charge on any atom is -0.323 e. The highest BCUT2D eigenvalue weighted by molar-refractivity contribution is 9.11. The van der Waals surface area contributed by atoms with Crippen molar-refractivity contribution in [3.8, 4) is 0 Å². The monoisotopic (exact) mass is 355 g/mol. The van der Waals surface area contributed by atoms with Gasteiger partial charge in [0.25, 0.3) is 0 Å². The van der Waals surface area contributed by atoms with Crippen LogP contribution in [0, 0.1) is 0 Å². The van der Waals surface area contributed by atoms with E-state index in [1.165, 1.54) is 12.8 Å². The number of halogens is 2. The Bertz CT molecular complexity index is 594. The molecule has 1 aromatic heterocycles. The molecule has 1 aliphatic carbocycles. The number of benzene rings is 1. The first-order valence-corrected chi connectivity index (χ1v) is 7.04. The summed E-state index contributed by atoms with van der Waals surface area (Å²) in [6.07, 6.45) is 2.47. The van der Waals surface area contributed by atoms with Crippen LogP contribution in [0.5, 0.6) is 0 Å². The summed E-state index contributed by atoms with van der Waals surface area (Å²) in [4.78, 5) is 4.72. The van der Waals surface area contributed by atoms with Crippen LogP contribution in [0.1, 0.15) is 24.5 Å². The summed E-state index contributed by atoms with van der Waals surface area (Å²) >= 11 is 7.03. The molecule has 0 spiro atoms. The minimum atomic E-state index is 0.613. The van der Waals surface area contributed by atoms with Gasteiger partial charge < -0.3 is 5.43 Å². The predicted molar refractivity (Wildman–Crippen MR) is 76.9 cm³/mol. The Morgan fingerprint density at radius 1 is 1.24 bits per heavy atom. The number of anilines is 1. The Balaban J connectivity index is 2.31. The van der Waals surface area contributed by atoms with E-state index in [1.54, 1.807) is 0 Å². The number of hydrazine groups is 1. The van der Waals surface area contributed by atoms with Crippen molar-refractivity contribution in [1.29, 1.82) is 0 Å². The quantitative estimate of drug-likeness (QED) is 0.633. The highest BCUT2D eigenvalue weighted by Gasteiger charge is 2.26. The average molecular weight is 357 g/mol. The Labute approximate surface area is 116 Å². The summed E-state index contributed by atoms with van der Waals surface area (Å²) < 4.78 is 2.00. The molecule has 1 aliphatic rings. The van der Waals surface area contributed by atoms with E-state index in [0.717, 1.165) is 31.2 Å². The van der Waals surface area contributed by atoms with Crippen LogP contribution in [0.2, 0.25) is 0 Å². The zero-order valence-corrected chi connectivity index (χ0v) is 12.2. The molecule has 0 bridgehead atoms. The van der Waals surface area contributed by atoms with E-state index < -0.39 is 0 Å². The number of hydrogen-bond donors (Lipinski definition) is 2. The van der Waals surface area contributed by atoms with Gasteiger partial charge in [0.1, 0.15) is 0 Å². The maximum Gasteiger partial charge on any atom is 0.0869 e. The zero-order chi connectivity index (χ0) is 12.0. The molecule has 3 rings (SSSR count). The lowest BCUT2D eigenvalue weighted by Gasteiger charge is -2.10. The van der Waals surface area contributed by atoms with E-state index in [0.29, 0.717) is 5.92 Å². The van der Waals surface area contributed by atoms with Crippen molar-refractivity contribution in [3.63, 3.8) is 0 Å². The molecule has 0 amide bonds. The van der Waals surface area contributed by atoms with Crippen LogP contribution < -0.4 is 11.3 Å². The van der Waals surface area contributed by atoms with Gasteiger partial charge in [-0.15, -0.1) is 0 Å². The summed E-state index contributed by atoms with van der Waals surface area (Å²) in [5.74, 6) is 6.21. The van der Waals surface area contributed by atoms with Gasteiger partial charge in [-0.25, -0.2) is 0 Å². The fourth-order valence-corrected chi connectivity index (χ4v) is 3.29. The van der Waals surface area contributed by atoms with Crippen LogP contribution in [0.4, 0.5) is 5.69 Å². The maximum atomic E-state index is 5.60. The second-order valence-electron chi connectivity index (χ2n) is 4.30. The Morgan fingerprint density at radius 2 is 2.00 bits per heavy atom. The maximum absolute atomic E-state index is 5.60. The summed E-state index contributed by atoms with van der Waals surface area (Å²) in [7, 11) is 0. The number of hydrogen-bond acceptors (Lipinski definition) is 3. The van der Waals surface area contributed by atoms with Crippen LogP contribution in [-0.2, 0) is 0 Å². The van der Waals surface area contributed by atoms with Gasteiger partial charge in [0.05, 0.1) is 11.2 Å². The standard InChI is InChI=1S/C12H11Br2N3/c13-7-3-8-11(17-15)5-10(6-1-2-6)16-12(8)9(14)4-7/h3-6H,1-2,15H2,(H,16,17). The average Bonchev–Trinajstić information content (AvgIpc) is 3.11. The minimum absolute atomic E-state index is 0.613. The van der Waals surface area contributed by atoms with Crippen molar-refractivity contribution in [2.45, 2.75) is 18.8 Å². The van der Waals surface area contributed by atoms with Crippen LogP contribution in [-0.4, -0.2) is 4.98 Å². The van der Waals surface area contributed by atoms with Crippen molar-refractivity contribution in [3.05, 3.63) is 32.8 Å². The van der Waals surface area contributed by atoms with E-state index in [1.807, 2.05) is 12.1 Å². The van der Waals surface area contributed by atoms with Crippen LogP contribution in [0.15, 0.2) is 27.1 Å². The Kier molecular flexibility index (Phi) is 2.84. The third-order valence-corrected chi connectivity index (χ3v) is 4.06. The predicted octanol–water partition coefficient (Wildman–Crippen LogP) is 3.92. The molecule has 88 valence electrons. The van der Waals surface area contributed by atoms with Gasteiger partial charge in [-0.2, -0.15) is 0 Å². The van der Waals surface area contributed by atoms with Crippen LogP contribution >= 0.6 is 31.9 Å². The van der Waals surface area contributed by atoms with Gasteiger partial charge in [-0.05, 0) is 47.0 Å². The van der Waals surface area contributed by atoms with E-state index in [9.17, 15) is 0 Å². The zero-order valence-electron chi connectivity index (χ0n) is 9.00. The molecule has 5 heteroatoms. The van der Waals surface area contributed by atoms with Gasteiger partial charge in [0, 0.05) is 25.9 Å². The lowest BCUT2D eigenvalue weighted by atomic mass is 10.1. The molecule has 0 atom stereocenters. The first-order chi connectivity index (χ1) is 8.19. The van der Waals surface area contributed by atoms with Gasteiger partial charge >= 0.3 is 0 Å². The molecular weight excluding hydrogens is 346 g/mol. The van der Waals surface area contributed by atoms with E-state index >= 15 is 0 Å². The fraction of sp³-hybridized carbons (Fsp3) is 0.250. The van der Waals surface area contributed by atoms with Crippen molar-refractivity contribution in [2.24, 2.45) is 5.84 Å². The number of aromatic nitrogens is 1. The molecule has 0 radical (unpaired) electrons. The second-order valence-corrected chi connectivity index (χ2v) is 6.07. The number of rotatable bonds is 2. The molecule has 0 saturated heterocycles. The number of nitrogen functional groups attached to an aromatic ring is 1. The van der Waals surface area contributed by atoms with E-state index in [2.05, 4.69) is 43.4 Å². The molecule has 1 fully saturated rings. The summed E-state index contributed by atoms with van der Waals surface area (Å²) in [5.41, 5.74) is 5.79.